The summed E-state index contributed by atoms with van der Waals surface area (Å²) in [6, 6.07) is 7.84. The van der Waals surface area contributed by atoms with Crippen molar-refractivity contribution in [1.82, 2.24) is 30.8 Å². The van der Waals surface area contributed by atoms with Crippen LogP contribution in [0.5, 0.6) is 0 Å². The fourth-order valence-electron chi connectivity index (χ4n) is 2.44. The first kappa shape index (κ1) is 14.9. The Morgan fingerprint density at radius 3 is 2.04 bits per heavy atom. The van der Waals surface area contributed by atoms with E-state index in [4.69, 9.17) is 0 Å². The lowest BCUT2D eigenvalue weighted by Gasteiger charge is -2.11. The number of H-pyrrole nitrogens is 2. The van der Waals surface area contributed by atoms with Crippen LogP contribution in [0.15, 0.2) is 34.5 Å². The van der Waals surface area contributed by atoms with Crippen LogP contribution in [0.25, 0.3) is 0 Å². The van der Waals surface area contributed by atoms with Gasteiger partial charge >= 0.3 is 0 Å². The zero-order chi connectivity index (χ0) is 17.4. The van der Waals surface area contributed by atoms with E-state index in [1.165, 1.54) is 0 Å². The van der Waals surface area contributed by atoms with Crippen LogP contribution in [-0.4, -0.2) is 62.6 Å². The second-order valence-electron chi connectivity index (χ2n) is 5.55. The van der Waals surface area contributed by atoms with Crippen molar-refractivity contribution in [1.29, 1.82) is 0 Å². The van der Waals surface area contributed by atoms with Gasteiger partial charge in [-0.1, -0.05) is 12.1 Å². The molecule has 1 aliphatic rings. The topological polar surface area (TPSA) is 128 Å². The van der Waals surface area contributed by atoms with Crippen LogP contribution in [0.1, 0.15) is 33.1 Å². The van der Waals surface area contributed by atoms with Gasteiger partial charge in [0.05, 0.1) is 6.21 Å². The summed E-state index contributed by atoms with van der Waals surface area (Å²) in [6.45, 7) is 0. The summed E-state index contributed by atoms with van der Waals surface area (Å²) in [5, 5.41) is 28.8. The number of hydrogen-bond donors (Lipinski definition) is 2. The maximum Gasteiger partial charge on any atom is 0.238 e. The van der Waals surface area contributed by atoms with Crippen molar-refractivity contribution in [2.24, 2.45) is 10.2 Å². The van der Waals surface area contributed by atoms with Gasteiger partial charge in [-0.05, 0) is 17.7 Å². The van der Waals surface area contributed by atoms with Gasteiger partial charge in [-0.25, -0.2) is 0 Å². The third-order valence-corrected chi connectivity index (χ3v) is 3.75. The summed E-state index contributed by atoms with van der Waals surface area (Å²) >= 11 is 0. The SMILES string of the molecule is CN(C)c1ccc(/C=N/N=C2c3n[nH]nc3C(=O)c3n[nH]nc32)cc1. The van der Waals surface area contributed by atoms with Gasteiger partial charge in [-0.15, -0.1) is 5.10 Å². The first-order valence-electron chi connectivity index (χ1n) is 7.40. The third-order valence-electron chi connectivity index (χ3n) is 3.75. The van der Waals surface area contributed by atoms with Crippen LogP contribution in [0, 0.1) is 0 Å². The minimum Gasteiger partial charge on any atom is -0.378 e. The Bertz CT molecular complexity index is 948. The average molecular weight is 335 g/mol. The largest absolute Gasteiger partial charge is 0.378 e. The first-order valence-corrected chi connectivity index (χ1v) is 7.40. The summed E-state index contributed by atoms with van der Waals surface area (Å²) in [7, 11) is 3.95. The summed E-state index contributed by atoms with van der Waals surface area (Å²) in [4.78, 5) is 14.2. The van der Waals surface area contributed by atoms with E-state index in [-0.39, 0.29) is 17.2 Å². The van der Waals surface area contributed by atoms with Crippen LogP contribution in [-0.2, 0) is 0 Å². The molecule has 10 nitrogen and oxygen atoms in total. The second-order valence-corrected chi connectivity index (χ2v) is 5.55. The summed E-state index contributed by atoms with van der Waals surface area (Å²) in [6.07, 6.45) is 1.61. The molecule has 0 saturated heterocycles. The van der Waals surface area contributed by atoms with Crippen molar-refractivity contribution in [3.63, 3.8) is 0 Å². The highest BCUT2D eigenvalue weighted by atomic mass is 16.1. The van der Waals surface area contributed by atoms with E-state index >= 15 is 0 Å². The monoisotopic (exact) mass is 335 g/mol. The smallest absolute Gasteiger partial charge is 0.238 e. The lowest BCUT2D eigenvalue weighted by molar-refractivity contribution is 0.102. The molecule has 4 rings (SSSR count). The quantitative estimate of drug-likeness (QED) is 0.412. The molecule has 0 atom stereocenters. The molecule has 0 unspecified atom stereocenters. The Morgan fingerprint density at radius 1 is 0.920 bits per heavy atom. The van der Waals surface area contributed by atoms with E-state index < -0.39 is 0 Å². The van der Waals surface area contributed by atoms with E-state index in [2.05, 4.69) is 41.0 Å². The van der Waals surface area contributed by atoms with Crippen LogP contribution in [0.4, 0.5) is 5.69 Å². The number of aromatic nitrogens is 6. The van der Waals surface area contributed by atoms with Crippen molar-refractivity contribution in [2.45, 2.75) is 0 Å². The van der Waals surface area contributed by atoms with Crippen LogP contribution < -0.4 is 4.90 Å². The number of fused-ring (bicyclic) bond motifs is 2. The zero-order valence-corrected chi connectivity index (χ0v) is 13.4. The molecule has 0 spiro atoms. The Hall–Kier alpha value is -3.69. The number of carbonyl (C=O) groups excluding carboxylic acids is 1. The molecule has 0 saturated carbocycles. The lowest BCUT2D eigenvalue weighted by Crippen LogP contribution is -2.21. The van der Waals surface area contributed by atoms with E-state index in [1.807, 2.05) is 43.3 Å². The molecule has 0 radical (unpaired) electrons. The van der Waals surface area contributed by atoms with E-state index in [0.717, 1.165) is 11.3 Å². The molecule has 25 heavy (non-hydrogen) atoms. The fraction of sp³-hybridized carbons (Fsp3) is 0.133. The number of nitrogens with one attached hydrogen (secondary N) is 2. The molecule has 2 aromatic heterocycles. The van der Waals surface area contributed by atoms with Gasteiger partial charge in [-0.3, -0.25) is 4.79 Å². The van der Waals surface area contributed by atoms with Gasteiger partial charge in [0.1, 0.15) is 17.1 Å². The maximum atomic E-state index is 12.2. The van der Waals surface area contributed by atoms with E-state index in [9.17, 15) is 4.79 Å². The number of benzene rings is 1. The second kappa shape index (κ2) is 5.74. The minimum absolute atomic E-state index is 0.158. The molecule has 1 aromatic carbocycles. The molecule has 2 heterocycles. The predicted octanol–water partition coefficient (Wildman–Crippen LogP) is 0.405. The van der Waals surface area contributed by atoms with Crippen LogP contribution in [0.3, 0.4) is 0 Å². The van der Waals surface area contributed by atoms with Crippen molar-refractivity contribution in [3.8, 4) is 0 Å². The van der Waals surface area contributed by atoms with Gasteiger partial charge in [0.2, 0.25) is 5.78 Å². The Morgan fingerprint density at radius 2 is 1.48 bits per heavy atom. The summed E-state index contributed by atoms with van der Waals surface area (Å²) < 4.78 is 0. The number of ketones is 1. The zero-order valence-electron chi connectivity index (χ0n) is 13.4. The van der Waals surface area contributed by atoms with E-state index in [0.29, 0.717) is 17.1 Å². The Balaban J connectivity index is 1.67. The standard InChI is InChI=1S/C15H13N9O/c1-24(2)9-5-3-8(4-6-9)7-16-17-10-11-13(20-22-18-11)15(25)14-12(10)19-23-21-14/h3-7H,1-2H3,(H,18,20,22)(H,19,21,23)/b16-7+. The maximum absolute atomic E-state index is 12.2. The van der Waals surface area contributed by atoms with Crippen molar-refractivity contribution in [3.05, 3.63) is 52.6 Å². The number of anilines is 1. The number of aromatic amines is 2. The average Bonchev–Trinajstić information content (AvgIpc) is 3.28. The molecule has 1 aliphatic carbocycles. The van der Waals surface area contributed by atoms with E-state index in [1.54, 1.807) is 6.21 Å². The van der Waals surface area contributed by atoms with Crippen molar-refractivity contribution in [2.75, 3.05) is 19.0 Å². The normalized spacial score (nSPS) is 13.0. The highest BCUT2D eigenvalue weighted by molar-refractivity contribution is 6.27. The molecule has 0 aliphatic heterocycles. The predicted molar refractivity (Wildman–Crippen MR) is 90.2 cm³/mol. The fourth-order valence-corrected chi connectivity index (χ4v) is 2.44. The molecule has 0 fully saturated rings. The van der Waals surface area contributed by atoms with Gasteiger partial charge in [0.15, 0.2) is 11.4 Å². The van der Waals surface area contributed by atoms with Crippen LogP contribution in [0.2, 0.25) is 0 Å². The number of nitrogens with zero attached hydrogens (tertiary/aromatic N) is 7. The summed E-state index contributed by atoms with van der Waals surface area (Å²) in [5.74, 6) is -0.352. The summed E-state index contributed by atoms with van der Waals surface area (Å²) in [5.41, 5.74) is 3.26. The highest BCUT2D eigenvalue weighted by Crippen LogP contribution is 2.21. The molecule has 0 bridgehead atoms. The van der Waals surface area contributed by atoms with Gasteiger partial charge in [0, 0.05) is 19.8 Å². The molecular weight excluding hydrogens is 322 g/mol. The molecule has 10 heteroatoms. The van der Waals surface area contributed by atoms with Gasteiger partial charge in [0.25, 0.3) is 0 Å². The molecule has 0 amide bonds. The molecule has 3 aromatic rings. The molecular formula is C15H13N9O. The highest BCUT2D eigenvalue weighted by Gasteiger charge is 2.35. The number of rotatable bonds is 3. The molecule has 124 valence electrons. The Kier molecular flexibility index (Phi) is 3.42. The lowest BCUT2D eigenvalue weighted by atomic mass is 9.99. The number of carbonyl (C=O) groups is 1. The number of hydrogen-bond acceptors (Lipinski definition) is 8. The first-order chi connectivity index (χ1) is 12.1. The van der Waals surface area contributed by atoms with Crippen molar-refractivity contribution >= 4 is 23.4 Å². The third kappa shape index (κ3) is 2.49. The van der Waals surface area contributed by atoms with Gasteiger partial charge < -0.3 is 4.90 Å². The Labute approximate surface area is 141 Å². The van der Waals surface area contributed by atoms with Gasteiger partial charge in [-0.2, -0.15) is 35.9 Å². The minimum atomic E-state index is -0.352. The van der Waals surface area contributed by atoms with Crippen molar-refractivity contribution < 1.29 is 4.79 Å². The molecule has 2 N–H and O–H groups in total. The van der Waals surface area contributed by atoms with Crippen LogP contribution >= 0.6 is 0 Å².